The Bertz CT molecular complexity index is 180. The molecule has 0 aromatic heterocycles. The van der Waals surface area contributed by atoms with Crippen molar-refractivity contribution in [2.75, 3.05) is 6.61 Å². The first-order valence-corrected chi connectivity index (χ1v) is 8.39. The van der Waals surface area contributed by atoms with E-state index in [4.69, 9.17) is 4.43 Å². The van der Waals surface area contributed by atoms with E-state index >= 15 is 0 Å². The van der Waals surface area contributed by atoms with E-state index in [0.29, 0.717) is 0 Å². The average Bonchev–Trinajstić information content (AvgIpc) is 2.04. The Morgan fingerprint density at radius 3 is 1.93 bits per heavy atom. The minimum Gasteiger partial charge on any atom is -0.418 e. The number of carbonyl (C=O) groups is 1. The molecule has 0 fully saturated rings. The van der Waals surface area contributed by atoms with Gasteiger partial charge in [-0.3, -0.25) is 0 Å². The van der Waals surface area contributed by atoms with Gasteiger partial charge in [-0.05, 0) is 33.0 Å². The fourth-order valence-corrected chi connectivity index (χ4v) is 3.19. The zero-order chi connectivity index (χ0) is 12.5. The molecule has 4 heteroatoms. The Kier molecular flexibility index (Phi) is 9.72. The van der Waals surface area contributed by atoms with E-state index in [2.05, 4.69) is 33.5 Å². The standard InChI is InChI=1S/C7H18OSi.C4H5O2/c1-5-7-9(3,4)8-6-2;1-3(2)4(5)6/h5-7H2,1-4H3;1H2,2H3. The molecule has 0 bridgehead atoms. The lowest BCUT2D eigenvalue weighted by atomic mass is 10.4. The molecule has 0 unspecified atom stereocenters. The van der Waals surface area contributed by atoms with Crippen LogP contribution in [0.5, 0.6) is 0 Å². The molecule has 89 valence electrons. The summed E-state index contributed by atoms with van der Waals surface area (Å²) in [6, 6.07) is 1.29. The lowest BCUT2D eigenvalue weighted by molar-refractivity contribution is -0.138. The van der Waals surface area contributed by atoms with Crippen LogP contribution in [0.25, 0.3) is 0 Å². The Morgan fingerprint density at radius 1 is 1.33 bits per heavy atom. The molecular formula is C11H23O3Si. The van der Waals surface area contributed by atoms with Crippen molar-refractivity contribution in [2.45, 2.75) is 46.3 Å². The van der Waals surface area contributed by atoms with Crippen molar-refractivity contribution in [1.82, 2.24) is 0 Å². The lowest BCUT2D eigenvalue weighted by Crippen LogP contribution is -2.29. The van der Waals surface area contributed by atoms with Gasteiger partial charge in [-0.15, -0.1) is 0 Å². The first-order valence-electron chi connectivity index (χ1n) is 5.27. The van der Waals surface area contributed by atoms with Crippen LogP contribution in [-0.4, -0.2) is 20.9 Å². The zero-order valence-corrected chi connectivity index (χ0v) is 11.6. The zero-order valence-electron chi connectivity index (χ0n) is 10.6. The molecule has 0 aliphatic carbocycles. The second kappa shape index (κ2) is 8.68. The molecule has 0 saturated carbocycles. The number of hydrogen-bond acceptors (Lipinski definition) is 2. The van der Waals surface area contributed by atoms with Crippen molar-refractivity contribution < 1.29 is 14.3 Å². The number of rotatable bonds is 5. The first-order chi connectivity index (χ1) is 6.76. The monoisotopic (exact) mass is 231 g/mol. The molecule has 15 heavy (non-hydrogen) atoms. The van der Waals surface area contributed by atoms with Crippen LogP contribution < -0.4 is 0 Å². The van der Waals surface area contributed by atoms with Gasteiger partial charge in [-0.25, -0.2) is 9.90 Å². The minimum atomic E-state index is -1.20. The van der Waals surface area contributed by atoms with Crippen LogP contribution in [-0.2, 0) is 14.3 Å². The van der Waals surface area contributed by atoms with Crippen molar-refractivity contribution in [3.63, 3.8) is 0 Å². The molecule has 1 radical (unpaired) electrons. The summed E-state index contributed by atoms with van der Waals surface area (Å²) in [6.07, 6.45) is 1.26. The van der Waals surface area contributed by atoms with Gasteiger partial charge in [-0.1, -0.05) is 19.9 Å². The van der Waals surface area contributed by atoms with E-state index in [-0.39, 0.29) is 5.57 Å². The Balaban J connectivity index is 0. The van der Waals surface area contributed by atoms with E-state index in [0.717, 1.165) is 6.61 Å². The Morgan fingerprint density at radius 2 is 1.73 bits per heavy atom. The summed E-state index contributed by atoms with van der Waals surface area (Å²) in [5.74, 6) is -1.19. The largest absolute Gasteiger partial charge is 0.418 e. The summed E-state index contributed by atoms with van der Waals surface area (Å²) in [5, 5.41) is 9.49. The molecule has 0 saturated heterocycles. The van der Waals surface area contributed by atoms with Crippen LogP contribution in [0, 0.1) is 0 Å². The van der Waals surface area contributed by atoms with Gasteiger partial charge in [0.1, 0.15) is 0 Å². The molecule has 0 heterocycles. The molecule has 0 aromatic rings. The third-order valence-corrected chi connectivity index (χ3v) is 4.51. The van der Waals surface area contributed by atoms with Gasteiger partial charge in [0.05, 0.1) is 0 Å². The van der Waals surface area contributed by atoms with Gasteiger partial charge in [0.15, 0.2) is 8.32 Å². The second-order valence-electron chi connectivity index (χ2n) is 4.01. The summed E-state index contributed by atoms with van der Waals surface area (Å²) >= 11 is 0. The van der Waals surface area contributed by atoms with E-state index in [9.17, 15) is 9.90 Å². The summed E-state index contributed by atoms with van der Waals surface area (Å²) in [7, 11) is -1.20. The molecule has 0 aliphatic heterocycles. The highest BCUT2D eigenvalue weighted by Gasteiger charge is 2.19. The quantitative estimate of drug-likeness (QED) is 0.539. The van der Waals surface area contributed by atoms with Gasteiger partial charge in [0.25, 0.3) is 0 Å². The van der Waals surface area contributed by atoms with Gasteiger partial charge in [-0.2, -0.15) is 0 Å². The van der Waals surface area contributed by atoms with Gasteiger partial charge in [0.2, 0.25) is 0 Å². The third kappa shape index (κ3) is 13.4. The number of hydrogen-bond donors (Lipinski definition) is 0. The second-order valence-corrected chi connectivity index (χ2v) is 8.32. The van der Waals surface area contributed by atoms with Crippen LogP contribution >= 0.6 is 0 Å². The first kappa shape index (κ1) is 16.8. The highest BCUT2D eigenvalue weighted by molar-refractivity contribution is 6.71. The average molecular weight is 231 g/mol. The summed E-state index contributed by atoms with van der Waals surface area (Å²) in [4.78, 5) is 9.49. The molecular weight excluding hydrogens is 208 g/mol. The fourth-order valence-electron chi connectivity index (χ4n) is 1.06. The van der Waals surface area contributed by atoms with Crippen LogP contribution in [0.3, 0.4) is 0 Å². The predicted octanol–water partition coefficient (Wildman–Crippen LogP) is 3.16. The van der Waals surface area contributed by atoms with Crippen LogP contribution in [0.1, 0.15) is 27.2 Å². The molecule has 0 atom stereocenters. The topological polar surface area (TPSA) is 46.2 Å². The van der Waals surface area contributed by atoms with E-state index in [1.807, 2.05) is 0 Å². The van der Waals surface area contributed by atoms with Gasteiger partial charge >= 0.3 is 5.97 Å². The third-order valence-electron chi connectivity index (χ3n) is 1.74. The Hall–Kier alpha value is -0.613. The number of carbonyl (C=O) groups excluding carboxylic acids is 1. The molecule has 0 N–H and O–H groups in total. The molecule has 3 nitrogen and oxygen atoms in total. The maximum Gasteiger partial charge on any atom is 0.381 e. The summed E-state index contributed by atoms with van der Waals surface area (Å²) < 4.78 is 5.61. The van der Waals surface area contributed by atoms with E-state index < -0.39 is 14.3 Å². The van der Waals surface area contributed by atoms with E-state index in [1.54, 1.807) is 0 Å². The van der Waals surface area contributed by atoms with Crippen LogP contribution in [0.2, 0.25) is 19.1 Å². The van der Waals surface area contributed by atoms with Crippen molar-refractivity contribution >= 4 is 14.3 Å². The molecule has 0 aromatic carbocycles. The van der Waals surface area contributed by atoms with E-state index in [1.165, 1.54) is 19.4 Å². The normalized spacial score (nSPS) is 10.2. The molecule has 0 aliphatic rings. The maximum absolute atomic E-state index is 9.49. The van der Waals surface area contributed by atoms with Gasteiger partial charge in [0, 0.05) is 12.2 Å². The van der Waals surface area contributed by atoms with Crippen molar-refractivity contribution in [2.24, 2.45) is 0 Å². The predicted molar refractivity (Wildman–Crippen MR) is 64.7 cm³/mol. The van der Waals surface area contributed by atoms with Crippen LogP contribution in [0.4, 0.5) is 0 Å². The SMILES string of the molecule is C=C(C)C([O])=O.CCC[Si](C)(C)OCC. The highest BCUT2D eigenvalue weighted by atomic mass is 28.4. The summed E-state index contributed by atoms with van der Waals surface area (Å²) in [6.45, 7) is 14.2. The summed E-state index contributed by atoms with van der Waals surface area (Å²) in [5.41, 5.74) is 0.0648. The highest BCUT2D eigenvalue weighted by Crippen LogP contribution is 2.12. The van der Waals surface area contributed by atoms with Gasteiger partial charge < -0.3 is 4.43 Å². The van der Waals surface area contributed by atoms with Crippen molar-refractivity contribution in [3.05, 3.63) is 12.2 Å². The molecule has 0 amide bonds. The van der Waals surface area contributed by atoms with Crippen LogP contribution in [0.15, 0.2) is 12.2 Å². The lowest BCUT2D eigenvalue weighted by Gasteiger charge is -2.20. The molecule has 0 rings (SSSR count). The van der Waals surface area contributed by atoms with Crippen molar-refractivity contribution in [3.8, 4) is 0 Å². The van der Waals surface area contributed by atoms with Crippen molar-refractivity contribution in [1.29, 1.82) is 0 Å². The smallest absolute Gasteiger partial charge is 0.381 e. The molecule has 0 spiro atoms. The Labute approximate surface area is 94.3 Å². The fraction of sp³-hybridized carbons (Fsp3) is 0.727. The minimum absolute atomic E-state index is 0.0648. The maximum atomic E-state index is 9.49.